The minimum atomic E-state index is -1.33. The number of amides is 6. The van der Waals surface area contributed by atoms with Crippen molar-refractivity contribution in [2.75, 3.05) is 145 Å². The molecule has 0 spiro atoms. The molecule has 0 aromatic rings. The van der Waals surface area contributed by atoms with Crippen molar-refractivity contribution in [1.29, 1.82) is 0 Å². The molecule has 33 nitrogen and oxygen atoms in total. The van der Waals surface area contributed by atoms with E-state index in [0.717, 1.165) is 128 Å². The summed E-state index contributed by atoms with van der Waals surface area (Å²) in [5.41, 5.74) is 0. The summed E-state index contributed by atoms with van der Waals surface area (Å²) in [5.74, 6) is -7.99. The standard InChI is InChI=1S/C80H141N7O26/c1-3-64(29-24-26-40-82-74(95)39-37-69(80(104)105)87-76(97)62-113-55-49-106-45-28-30-66(89)59-110-53-50-107-46-42-83-71(92)32-20-16-12-8-4-6-10-14-18-22-34-77(98)99)70(91)58-86-68(63(2)88)31-25-27-41-81-73(94)38-36-65(79(102)103)57-67(90)60-111-54-51-109-48-44-85-75(96)61-112-56-52-108-47-43-84-72(93)33-21-17-13-9-5-7-11-15-19-23-35-78(100)101/h64-65,68-69,86H,3-62H2,1-2H3,(H,81,94)(H,82,95)(H,83,92)(H,84,93)(H,85,96)(H,87,97)(H,98,99)(H,100,101)(H,102,103)(H,104,105)/t64-,65+,68-,69-/m0/s1. The smallest absolute Gasteiger partial charge is 0.326 e. The quantitative estimate of drug-likeness (QED) is 0.0277. The van der Waals surface area contributed by atoms with Gasteiger partial charge in [0.15, 0.2) is 11.6 Å². The van der Waals surface area contributed by atoms with Gasteiger partial charge < -0.3 is 95.5 Å². The molecule has 0 bridgehead atoms. The lowest BCUT2D eigenvalue weighted by molar-refractivity contribution is -0.145. The molecule has 0 saturated carbocycles. The summed E-state index contributed by atoms with van der Waals surface area (Å²) >= 11 is 0. The summed E-state index contributed by atoms with van der Waals surface area (Å²) in [6, 6.07) is -1.92. The van der Waals surface area contributed by atoms with Gasteiger partial charge in [-0.1, -0.05) is 116 Å². The number of hydrogen-bond donors (Lipinski definition) is 11. The summed E-state index contributed by atoms with van der Waals surface area (Å²) in [5, 5.41) is 56.0. The molecule has 0 radical (unpaired) electrons. The second-order valence-corrected chi connectivity index (χ2v) is 28.3. The zero-order valence-corrected chi connectivity index (χ0v) is 68.0. The van der Waals surface area contributed by atoms with Crippen LogP contribution in [0.2, 0.25) is 0 Å². The van der Waals surface area contributed by atoms with Crippen molar-refractivity contribution in [2.24, 2.45) is 11.8 Å². The van der Waals surface area contributed by atoms with Gasteiger partial charge in [-0.15, -0.1) is 0 Å². The van der Waals surface area contributed by atoms with Gasteiger partial charge in [-0.05, 0) is 90.4 Å². The van der Waals surface area contributed by atoms with E-state index >= 15 is 0 Å². The van der Waals surface area contributed by atoms with E-state index in [4.69, 9.17) is 48.1 Å². The van der Waals surface area contributed by atoms with Crippen molar-refractivity contribution < 1.29 is 125 Å². The van der Waals surface area contributed by atoms with Crippen molar-refractivity contribution in [2.45, 2.75) is 270 Å². The highest BCUT2D eigenvalue weighted by atomic mass is 16.5. The van der Waals surface area contributed by atoms with Gasteiger partial charge in [0.25, 0.3) is 0 Å². The highest BCUT2D eigenvalue weighted by Gasteiger charge is 2.25. The predicted octanol–water partition coefficient (Wildman–Crippen LogP) is 6.85. The van der Waals surface area contributed by atoms with E-state index in [9.17, 15) is 77.3 Å². The number of Topliss-reactive ketones (excluding diaryl/α,β-unsaturated/α-hetero) is 4. The molecule has 11 N–H and O–H groups in total. The van der Waals surface area contributed by atoms with Crippen LogP contribution in [-0.2, 0) is 105 Å². The number of carbonyl (C=O) groups is 14. The molecule has 652 valence electrons. The first-order valence-electron chi connectivity index (χ1n) is 41.5. The minimum absolute atomic E-state index is 0.00798. The molecule has 0 heterocycles. The maximum atomic E-state index is 13.2. The highest BCUT2D eigenvalue weighted by molar-refractivity contribution is 5.87. The lowest BCUT2D eigenvalue weighted by Gasteiger charge is -2.19. The zero-order chi connectivity index (χ0) is 83.4. The van der Waals surface area contributed by atoms with Crippen molar-refractivity contribution >= 4 is 82.5 Å². The summed E-state index contributed by atoms with van der Waals surface area (Å²) in [7, 11) is 0. The second kappa shape index (κ2) is 76.3. The molecule has 33 heteroatoms. The van der Waals surface area contributed by atoms with E-state index in [0.29, 0.717) is 90.5 Å². The molecule has 0 aromatic carbocycles. The lowest BCUT2D eigenvalue weighted by atomic mass is 9.94. The molecular weight excluding hydrogens is 1470 g/mol. The second-order valence-electron chi connectivity index (χ2n) is 28.3. The highest BCUT2D eigenvalue weighted by Crippen LogP contribution is 2.18. The number of carboxylic acids is 4. The molecule has 4 atom stereocenters. The summed E-state index contributed by atoms with van der Waals surface area (Å²) in [6.07, 6.45) is 25.6. The van der Waals surface area contributed by atoms with Crippen LogP contribution in [0.3, 0.4) is 0 Å². The van der Waals surface area contributed by atoms with Gasteiger partial charge in [-0.3, -0.25) is 62.3 Å². The number of ketones is 4. The SMILES string of the molecule is CC[C@@H](CCCCNC(=O)CC[C@H](NC(=O)COCCOCCCC(=O)COCCOCCNC(=O)CCCCCCCCCCCCC(=O)O)C(=O)O)C(=O)CN[C@@H](CCCCNC(=O)CC[C@H](CC(=O)COCCOCCNC(=O)COCCOCCNC(=O)CCCCCCCCCCCCC(=O)O)C(=O)O)C(C)=O. The number of rotatable bonds is 86. The summed E-state index contributed by atoms with van der Waals surface area (Å²) < 4.78 is 43.2. The van der Waals surface area contributed by atoms with E-state index in [1.165, 1.54) is 6.92 Å². The number of ether oxygens (including phenoxy) is 8. The van der Waals surface area contributed by atoms with Crippen LogP contribution >= 0.6 is 0 Å². The first-order valence-corrected chi connectivity index (χ1v) is 41.5. The molecule has 0 aromatic heterocycles. The van der Waals surface area contributed by atoms with E-state index < -0.39 is 66.1 Å². The summed E-state index contributed by atoms with van der Waals surface area (Å²) in [4.78, 5) is 169. The average molecular weight is 1620 g/mol. The van der Waals surface area contributed by atoms with Crippen LogP contribution in [0.4, 0.5) is 0 Å². The number of hydrogen-bond acceptors (Lipinski definition) is 23. The first kappa shape index (κ1) is 106. The molecule has 0 fully saturated rings. The Morgan fingerprint density at radius 2 is 0.664 bits per heavy atom. The van der Waals surface area contributed by atoms with Crippen LogP contribution in [0.1, 0.15) is 258 Å². The Morgan fingerprint density at radius 1 is 0.292 bits per heavy atom. The van der Waals surface area contributed by atoms with Gasteiger partial charge in [0.05, 0.1) is 91.2 Å². The van der Waals surface area contributed by atoms with Gasteiger partial charge in [0.2, 0.25) is 35.4 Å². The number of carbonyl (C=O) groups excluding carboxylic acids is 10. The monoisotopic (exact) mass is 1620 g/mol. The topological polar surface area (TPSA) is 478 Å². The Bertz CT molecular complexity index is 2600. The first-order chi connectivity index (χ1) is 54.5. The number of carboxylic acid groups (broad SMARTS) is 4. The van der Waals surface area contributed by atoms with Crippen molar-refractivity contribution in [3.8, 4) is 0 Å². The van der Waals surface area contributed by atoms with Crippen LogP contribution < -0.4 is 37.2 Å². The van der Waals surface area contributed by atoms with Gasteiger partial charge >= 0.3 is 23.9 Å². The maximum absolute atomic E-state index is 13.2. The molecule has 0 saturated heterocycles. The molecule has 113 heavy (non-hydrogen) atoms. The van der Waals surface area contributed by atoms with Crippen molar-refractivity contribution in [3.05, 3.63) is 0 Å². The normalized spacial score (nSPS) is 12.3. The van der Waals surface area contributed by atoms with Crippen molar-refractivity contribution in [1.82, 2.24) is 37.2 Å². The average Bonchev–Trinajstić information content (AvgIpc) is 0.938. The molecule has 6 amide bonds. The Labute approximate surface area is 669 Å². The molecule has 0 aliphatic rings. The van der Waals surface area contributed by atoms with Gasteiger partial charge in [-0.2, -0.15) is 0 Å². The Balaban J connectivity index is 4.04. The minimum Gasteiger partial charge on any atom is -0.481 e. The Morgan fingerprint density at radius 3 is 1.10 bits per heavy atom. The zero-order valence-electron chi connectivity index (χ0n) is 68.0. The van der Waals surface area contributed by atoms with Crippen LogP contribution in [0, 0.1) is 11.8 Å². The van der Waals surface area contributed by atoms with Crippen LogP contribution in [-0.4, -0.2) is 260 Å². The molecular formula is C80H141N7O26. The van der Waals surface area contributed by atoms with E-state index in [-0.39, 0.29) is 210 Å². The summed E-state index contributed by atoms with van der Waals surface area (Å²) in [6.45, 7) is 6.21. The van der Waals surface area contributed by atoms with Crippen LogP contribution in [0.15, 0.2) is 0 Å². The largest absolute Gasteiger partial charge is 0.481 e. The molecule has 0 aliphatic heterocycles. The third kappa shape index (κ3) is 72.5. The van der Waals surface area contributed by atoms with Crippen molar-refractivity contribution in [3.63, 3.8) is 0 Å². The lowest BCUT2D eigenvalue weighted by Crippen LogP contribution is -2.43. The molecule has 0 aliphatic carbocycles. The number of aliphatic carboxylic acids is 4. The fraction of sp³-hybridized carbons (Fsp3) is 0.825. The van der Waals surface area contributed by atoms with Crippen LogP contribution in [0.5, 0.6) is 0 Å². The third-order valence-corrected chi connectivity index (χ3v) is 18.4. The van der Waals surface area contributed by atoms with Gasteiger partial charge in [-0.25, -0.2) is 4.79 Å². The molecule has 0 unspecified atom stereocenters. The third-order valence-electron chi connectivity index (χ3n) is 18.4. The van der Waals surface area contributed by atoms with E-state index in [1.807, 2.05) is 6.92 Å². The van der Waals surface area contributed by atoms with Gasteiger partial charge in [0.1, 0.15) is 44.0 Å². The Hall–Kier alpha value is -6.98. The maximum Gasteiger partial charge on any atom is 0.326 e. The van der Waals surface area contributed by atoms with E-state index in [1.54, 1.807) is 0 Å². The van der Waals surface area contributed by atoms with Crippen LogP contribution in [0.25, 0.3) is 0 Å². The fourth-order valence-electron chi connectivity index (χ4n) is 11.7. The van der Waals surface area contributed by atoms with E-state index in [2.05, 4.69) is 37.2 Å². The Kier molecular flexibility index (Phi) is 71.6. The fourth-order valence-corrected chi connectivity index (χ4v) is 11.7. The molecule has 0 rings (SSSR count). The number of nitrogens with one attached hydrogen (secondary N) is 7. The number of unbranched alkanes of at least 4 members (excludes halogenated alkanes) is 20. The van der Waals surface area contributed by atoms with Gasteiger partial charge in [0, 0.05) is 96.6 Å². The predicted molar refractivity (Wildman–Crippen MR) is 420 cm³/mol.